The van der Waals surface area contributed by atoms with Crippen molar-refractivity contribution < 1.29 is 9.53 Å². The maximum Gasteiger partial charge on any atom is 0.308 e. The Balaban J connectivity index is 2.04. The van der Waals surface area contributed by atoms with Crippen LogP contribution >= 0.6 is 11.6 Å². The van der Waals surface area contributed by atoms with E-state index in [1.807, 2.05) is 12.1 Å². The van der Waals surface area contributed by atoms with Crippen LogP contribution in [0, 0.1) is 17.2 Å². The summed E-state index contributed by atoms with van der Waals surface area (Å²) in [6, 6.07) is 7.84. The number of fused-ring (bicyclic) bond motifs is 1. The topological polar surface area (TPSA) is 66.2 Å². The zero-order chi connectivity index (χ0) is 17.3. The van der Waals surface area contributed by atoms with E-state index in [2.05, 4.69) is 22.9 Å². The first-order chi connectivity index (χ1) is 11.5. The predicted molar refractivity (Wildman–Crippen MR) is 93.0 cm³/mol. The normalized spacial score (nSPS) is 20.7. The van der Waals surface area contributed by atoms with Crippen molar-refractivity contribution in [3.8, 4) is 6.07 Å². The third-order valence-corrected chi connectivity index (χ3v) is 4.86. The lowest BCUT2D eigenvalue weighted by atomic mass is 9.90. The first kappa shape index (κ1) is 16.5. The van der Waals surface area contributed by atoms with Crippen LogP contribution in [0.5, 0.6) is 0 Å². The number of anilines is 1. The maximum absolute atomic E-state index is 11.8. The summed E-state index contributed by atoms with van der Waals surface area (Å²) in [4.78, 5) is 18.3. The van der Waals surface area contributed by atoms with E-state index in [9.17, 15) is 10.1 Å². The molecule has 2 aromatic rings. The van der Waals surface area contributed by atoms with Gasteiger partial charge in [0, 0.05) is 29.2 Å². The van der Waals surface area contributed by atoms with Crippen molar-refractivity contribution in [2.24, 2.45) is 5.92 Å². The van der Waals surface area contributed by atoms with E-state index in [0.717, 1.165) is 16.6 Å². The fourth-order valence-electron chi connectivity index (χ4n) is 3.43. The molecule has 0 unspecified atom stereocenters. The van der Waals surface area contributed by atoms with E-state index < -0.39 is 0 Å². The number of hydrogen-bond donors (Lipinski definition) is 0. The highest BCUT2D eigenvalue weighted by atomic mass is 35.5. The Morgan fingerprint density at radius 2 is 2.29 bits per heavy atom. The van der Waals surface area contributed by atoms with Crippen LogP contribution in [0.25, 0.3) is 10.9 Å². The highest BCUT2D eigenvalue weighted by Crippen LogP contribution is 2.36. The van der Waals surface area contributed by atoms with Gasteiger partial charge >= 0.3 is 5.97 Å². The molecule has 0 amide bonds. The fraction of sp³-hybridized carbons (Fsp3) is 0.389. The number of aromatic nitrogens is 1. The van der Waals surface area contributed by atoms with Crippen LogP contribution in [0.3, 0.4) is 0 Å². The van der Waals surface area contributed by atoms with E-state index in [1.165, 1.54) is 7.11 Å². The number of carbonyl (C=O) groups is 1. The van der Waals surface area contributed by atoms with Gasteiger partial charge in [0.25, 0.3) is 0 Å². The lowest BCUT2D eigenvalue weighted by Crippen LogP contribution is -2.43. The smallest absolute Gasteiger partial charge is 0.308 e. The molecule has 1 aliphatic heterocycles. The second kappa shape index (κ2) is 6.66. The van der Waals surface area contributed by atoms with E-state index in [0.29, 0.717) is 30.0 Å². The third-order valence-electron chi connectivity index (χ3n) is 4.62. The minimum atomic E-state index is -0.162. The highest BCUT2D eigenvalue weighted by Gasteiger charge is 2.32. The van der Waals surface area contributed by atoms with Crippen LogP contribution < -0.4 is 4.90 Å². The van der Waals surface area contributed by atoms with Crippen LogP contribution in [0.2, 0.25) is 5.02 Å². The molecule has 1 fully saturated rings. The molecule has 5 nitrogen and oxygen atoms in total. The third kappa shape index (κ3) is 2.90. The molecule has 124 valence electrons. The number of nitrogens with zero attached hydrogens (tertiary/aromatic N) is 3. The van der Waals surface area contributed by atoms with Gasteiger partial charge < -0.3 is 9.64 Å². The van der Waals surface area contributed by atoms with Crippen LogP contribution in [0.15, 0.2) is 24.4 Å². The average Bonchev–Trinajstić information content (AvgIpc) is 2.60. The molecular formula is C18H18ClN3O2. The number of methoxy groups -OCH3 is 1. The highest BCUT2D eigenvalue weighted by molar-refractivity contribution is 6.31. The number of ether oxygens (including phenoxy) is 1. The Morgan fingerprint density at radius 3 is 2.96 bits per heavy atom. The molecule has 1 aromatic heterocycles. The van der Waals surface area contributed by atoms with Crippen molar-refractivity contribution >= 4 is 34.2 Å². The standard InChI is InChI=1S/C18H18ClN3O2/c1-11-7-12(18(23)24-2)5-6-22(11)17-13(9-20)10-21-16-4-3-14(19)8-15(16)17/h3-4,8,10-12H,5-7H2,1-2H3/t11-,12-/m1/s1. The van der Waals surface area contributed by atoms with Gasteiger partial charge in [0.1, 0.15) is 6.07 Å². The van der Waals surface area contributed by atoms with E-state index >= 15 is 0 Å². The van der Waals surface area contributed by atoms with Crippen molar-refractivity contribution in [1.29, 1.82) is 5.26 Å². The number of hydrogen-bond acceptors (Lipinski definition) is 5. The van der Waals surface area contributed by atoms with Gasteiger partial charge in [-0.25, -0.2) is 0 Å². The number of benzene rings is 1. The van der Waals surface area contributed by atoms with Crippen molar-refractivity contribution in [3.63, 3.8) is 0 Å². The molecule has 1 aliphatic rings. The molecule has 24 heavy (non-hydrogen) atoms. The predicted octanol–water partition coefficient (Wildman–Crippen LogP) is 3.54. The molecule has 2 heterocycles. The second-order valence-corrected chi connectivity index (χ2v) is 6.52. The molecule has 0 radical (unpaired) electrons. The first-order valence-electron chi connectivity index (χ1n) is 7.88. The SMILES string of the molecule is COC(=O)[C@@H]1CCN(c2c(C#N)cnc3ccc(Cl)cc23)[C@H](C)C1. The molecule has 0 spiro atoms. The summed E-state index contributed by atoms with van der Waals surface area (Å²) in [7, 11) is 1.42. The van der Waals surface area contributed by atoms with Gasteiger partial charge in [-0.15, -0.1) is 0 Å². The van der Waals surface area contributed by atoms with Gasteiger partial charge in [0.05, 0.1) is 29.8 Å². The van der Waals surface area contributed by atoms with Crippen LogP contribution in [0.4, 0.5) is 5.69 Å². The van der Waals surface area contributed by atoms with Gasteiger partial charge in [0.2, 0.25) is 0 Å². The van der Waals surface area contributed by atoms with Gasteiger partial charge in [-0.05, 0) is 38.0 Å². The second-order valence-electron chi connectivity index (χ2n) is 6.08. The molecule has 0 aliphatic carbocycles. The number of pyridine rings is 1. The molecule has 1 aromatic carbocycles. The average molecular weight is 344 g/mol. The largest absolute Gasteiger partial charge is 0.469 e. The number of halogens is 1. The van der Waals surface area contributed by atoms with Crippen LogP contribution in [-0.2, 0) is 9.53 Å². The maximum atomic E-state index is 11.8. The van der Waals surface area contributed by atoms with Crippen LogP contribution in [0.1, 0.15) is 25.3 Å². The van der Waals surface area contributed by atoms with Gasteiger partial charge in [0.15, 0.2) is 0 Å². The summed E-state index contributed by atoms with van der Waals surface area (Å²) in [5.74, 6) is -0.256. The summed E-state index contributed by atoms with van der Waals surface area (Å²) >= 11 is 6.15. The van der Waals surface area contributed by atoms with Gasteiger partial charge in [-0.2, -0.15) is 5.26 Å². The first-order valence-corrected chi connectivity index (χ1v) is 8.25. The Morgan fingerprint density at radius 1 is 1.50 bits per heavy atom. The van der Waals surface area contributed by atoms with E-state index in [-0.39, 0.29) is 17.9 Å². The van der Waals surface area contributed by atoms with Crippen molar-refractivity contribution in [3.05, 3.63) is 35.0 Å². The molecule has 0 N–H and O–H groups in total. The Kier molecular flexibility index (Phi) is 4.59. The quantitative estimate of drug-likeness (QED) is 0.780. The van der Waals surface area contributed by atoms with Crippen LogP contribution in [-0.4, -0.2) is 30.6 Å². The summed E-state index contributed by atoms with van der Waals surface area (Å²) < 4.78 is 4.87. The van der Waals surface area contributed by atoms with Crippen molar-refractivity contribution in [2.45, 2.75) is 25.8 Å². The number of rotatable bonds is 2. The van der Waals surface area contributed by atoms with Crippen molar-refractivity contribution in [2.75, 3.05) is 18.6 Å². The molecule has 1 saturated heterocycles. The molecular weight excluding hydrogens is 326 g/mol. The Labute approximate surface area is 145 Å². The Hall–Kier alpha value is -2.32. The molecule has 0 saturated carbocycles. The number of esters is 1. The number of nitriles is 1. The Bertz CT molecular complexity index is 831. The van der Waals surface area contributed by atoms with E-state index in [4.69, 9.17) is 16.3 Å². The summed E-state index contributed by atoms with van der Waals surface area (Å²) in [5.41, 5.74) is 2.17. The number of carbonyl (C=O) groups excluding carboxylic acids is 1. The lowest BCUT2D eigenvalue weighted by molar-refractivity contribution is -0.146. The minimum Gasteiger partial charge on any atom is -0.469 e. The molecule has 0 bridgehead atoms. The molecule has 2 atom stereocenters. The molecule has 6 heteroatoms. The fourth-order valence-corrected chi connectivity index (χ4v) is 3.60. The zero-order valence-electron chi connectivity index (χ0n) is 13.6. The van der Waals surface area contributed by atoms with Gasteiger partial charge in [-0.1, -0.05) is 11.6 Å². The van der Waals surface area contributed by atoms with E-state index in [1.54, 1.807) is 12.3 Å². The van der Waals surface area contributed by atoms with Gasteiger partial charge in [-0.3, -0.25) is 9.78 Å². The van der Waals surface area contributed by atoms with Crippen molar-refractivity contribution in [1.82, 2.24) is 4.98 Å². The monoisotopic (exact) mass is 343 g/mol. The summed E-state index contributed by atoms with van der Waals surface area (Å²) in [5, 5.41) is 11.0. The zero-order valence-corrected chi connectivity index (χ0v) is 14.4. The minimum absolute atomic E-state index is 0.0940. The number of piperidine rings is 1. The summed E-state index contributed by atoms with van der Waals surface area (Å²) in [6.45, 7) is 2.74. The molecule has 3 rings (SSSR count). The lowest BCUT2D eigenvalue weighted by Gasteiger charge is -2.39. The summed E-state index contributed by atoms with van der Waals surface area (Å²) in [6.07, 6.45) is 3.00.